The first-order valence-electron chi connectivity index (χ1n) is 19.6. The molecule has 0 radical (unpaired) electrons. The number of carbonyl (C=O) groups excluding carboxylic acids is 3. The van der Waals surface area contributed by atoms with E-state index in [0.717, 1.165) is 50.6 Å². The van der Waals surface area contributed by atoms with Crippen molar-refractivity contribution in [3.8, 4) is 17.2 Å². The Morgan fingerprint density at radius 1 is 0.550 bits per heavy atom. The highest BCUT2D eigenvalue weighted by molar-refractivity contribution is 5.86. The zero-order valence-electron chi connectivity index (χ0n) is 36.6. The van der Waals surface area contributed by atoms with Crippen LogP contribution >= 0.6 is 0 Å². The number of benzene rings is 3. The molecule has 0 saturated heterocycles. The molecular weight excluding hydrogens is 775 g/mol. The molecule has 330 valence electrons. The van der Waals surface area contributed by atoms with Crippen LogP contribution in [0, 0.1) is 32.6 Å². The normalized spacial score (nSPS) is 12.4. The summed E-state index contributed by atoms with van der Waals surface area (Å²) in [6.07, 6.45) is 1.60. The summed E-state index contributed by atoms with van der Waals surface area (Å²) in [5.41, 5.74) is 5.40. The molecule has 3 aromatic rings. The van der Waals surface area contributed by atoms with E-state index in [-0.39, 0.29) is 48.8 Å². The van der Waals surface area contributed by atoms with Crippen molar-refractivity contribution in [3.05, 3.63) is 88.0 Å². The lowest BCUT2D eigenvalue weighted by molar-refractivity contribution is -0.143. The molecular formula is C45H63N3O12. The SMILES string of the molecule is CC[C@H](C)[C@H](NC(=O)Cc1ccc(OC)cc1C)C(=O)O.COc1ccc(CC(=O)N[C@@H](C)C(=O)O)c(C)c1.COc1ccc(CC(=O)N[C@@H](CC(C)C)C(=O)O)c(C)c1. The molecule has 0 aliphatic heterocycles. The summed E-state index contributed by atoms with van der Waals surface area (Å²) in [5, 5.41) is 34.6. The fourth-order valence-corrected chi connectivity index (χ4v) is 5.70. The lowest BCUT2D eigenvalue weighted by Gasteiger charge is -2.20. The van der Waals surface area contributed by atoms with Crippen LogP contribution in [0.25, 0.3) is 0 Å². The number of amides is 3. The number of hydrogen-bond acceptors (Lipinski definition) is 9. The first-order valence-corrected chi connectivity index (χ1v) is 19.6. The van der Waals surface area contributed by atoms with E-state index >= 15 is 0 Å². The van der Waals surface area contributed by atoms with Crippen LogP contribution < -0.4 is 30.2 Å². The predicted octanol–water partition coefficient (Wildman–Crippen LogP) is 5.46. The number of methoxy groups -OCH3 is 3. The van der Waals surface area contributed by atoms with Gasteiger partial charge in [-0.25, -0.2) is 9.59 Å². The molecule has 15 heteroatoms. The first kappa shape index (κ1) is 51.9. The highest BCUT2D eigenvalue weighted by atomic mass is 16.5. The minimum absolute atomic E-state index is 0.108. The van der Waals surface area contributed by atoms with E-state index in [1.165, 1.54) is 6.92 Å². The van der Waals surface area contributed by atoms with E-state index in [0.29, 0.717) is 12.8 Å². The summed E-state index contributed by atoms with van der Waals surface area (Å²) in [6, 6.07) is 13.8. The van der Waals surface area contributed by atoms with Gasteiger partial charge in [-0.15, -0.1) is 0 Å². The molecule has 6 N–H and O–H groups in total. The average molecular weight is 838 g/mol. The van der Waals surface area contributed by atoms with Crippen LogP contribution in [0.5, 0.6) is 17.2 Å². The van der Waals surface area contributed by atoms with Gasteiger partial charge in [-0.2, -0.15) is 0 Å². The Labute approximate surface area is 353 Å². The summed E-state index contributed by atoms with van der Waals surface area (Å²) in [5.74, 6) is -1.61. The minimum Gasteiger partial charge on any atom is -0.497 e. The molecule has 0 unspecified atom stereocenters. The average Bonchev–Trinajstić information content (AvgIpc) is 3.18. The molecule has 60 heavy (non-hydrogen) atoms. The Kier molecular flexibility index (Phi) is 22.6. The van der Waals surface area contributed by atoms with Gasteiger partial charge in [-0.05, 0) is 116 Å². The second kappa shape index (κ2) is 26.1. The van der Waals surface area contributed by atoms with Crippen molar-refractivity contribution in [2.75, 3.05) is 21.3 Å². The molecule has 0 aromatic heterocycles. The van der Waals surface area contributed by atoms with Crippen molar-refractivity contribution in [2.24, 2.45) is 11.8 Å². The number of carbonyl (C=O) groups is 6. The maximum atomic E-state index is 12.0. The van der Waals surface area contributed by atoms with Gasteiger partial charge in [-0.3, -0.25) is 19.2 Å². The third kappa shape index (κ3) is 18.6. The Morgan fingerprint density at radius 2 is 0.917 bits per heavy atom. The van der Waals surface area contributed by atoms with E-state index in [2.05, 4.69) is 16.0 Å². The van der Waals surface area contributed by atoms with Gasteiger partial charge in [0, 0.05) is 0 Å². The summed E-state index contributed by atoms with van der Waals surface area (Å²) in [7, 11) is 4.75. The van der Waals surface area contributed by atoms with E-state index < -0.39 is 36.0 Å². The zero-order chi connectivity index (χ0) is 45.7. The third-order valence-corrected chi connectivity index (χ3v) is 9.59. The summed E-state index contributed by atoms with van der Waals surface area (Å²) in [4.78, 5) is 68.6. The molecule has 0 fully saturated rings. The highest BCUT2D eigenvalue weighted by Crippen LogP contribution is 2.20. The quantitative estimate of drug-likeness (QED) is 0.0886. The minimum atomic E-state index is -1.05. The molecule has 15 nitrogen and oxygen atoms in total. The summed E-state index contributed by atoms with van der Waals surface area (Å²) in [6.45, 7) is 14.7. The zero-order valence-corrected chi connectivity index (χ0v) is 36.6. The topological polar surface area (TPSA) is 227 Å². The van der Waals surface area contributed by atoms with E-state index in [9.17, 15) is 33.9 Å². The molecule has 0 aliphatic carbocycles. The summed E-state index contributed by atoms with van der Waals surface area (Å²) >= 11 is 0. The Balaban J connectivity index is 0.000000452. The molecule has 3 rings (SSSR count). The van der Waals surface area contributed by atoms with Crippen molar-refractivity contribution < 1.29 is 58.3 Å². The number of nitrogens with one attached hydrogen (secondary N) is 3. The second-order valence-corrected chi connectivity index (χ2v) is 14.9. The van der Waals surface area contributed by atoms with Gasteiger partial charge in [0.2, 0.25) is 17.7 Å². The Bertz CT molecular complexity index is 1910. The van der Waals surface area contributed by atoms with Crippen LogP contribution in [0.4, 0.5) is 0 Å². The van der Waals surface area contributed by atoms with Crippen molar-refractivity contribution in [1.29, 1.82) is 0 Å². The lowest BCUT2D eigenvalue weighted by Crippen LogP contribution is -2.45. The van der Waals surface area contributed by atoms with Crippen LogP contribution in [0.15, 0.2) is 54.6 Å². The van der Waals surface area contributed by atoms with Crippen molar-refractivity contribution in [3.63, 3.8) is 0 Å². The maximum absolute atomic E-state index is 12.0. The molecule has 0 saturated carbocycles. The lowest BCUT2D eigenvalue weighted by atomic mass is 9.98. The van der Waals surface area contributed by atoms with Gasteiger partial charge in [0.15, 0.2) is 0 Å². The molecule has 0 heterocycles. The van der Waals surface area contributed by atoms with E-state index in [1.807, 2.05) is 78.8 Å². The third-order valence-electron chi connectivity index (χ3n) is 9.59. The van der Waals surface area contributed by atoms with Crippen molar-refractivity contribution >= 4 is 35.6 Å². The fourth-order valence-electron chi connectivity index (χ4n) is 5.70. The van der Waals surface area contributed by atoms with Gasteiger partial charge in [0.1, 0.15) is 35.4 Å². The molecule has 0 spiro atoms. The van der Waals surface area contributed by atoms with E-state index in [1.54, 1.807) is 45.6 Å². The molecule has 3 aromatic carbocycles. The molecule has 3 amide bonds. The van der Waals surface area contributed by atoms with Crippen molar-refractivity contribution in [1.82, 2.24) is 16.0 Å². The van der Waals surface area contributed by atoms with Gasteiger partial charge >= 0.3 is 17.9 Å². The highest BCUT2D eigenvalue weighted by Gasteiger charge is 2.25. The number of carboxylic acid groups (broad SMARTS) is 3. The Hall–Kier alpha value is -6.12. The van der Waals surface area contributed by atoms with Crippen molar-refractivity contribution in [2.45, 2.75) is 106 Å². The fraction of sp³-hybridized carbons (Fsp3) is 0.467. The van der Waals surface area contributed by atoms with Gasteiger partial charge in [-0.1, -0.05) is 52.3 Å². The first-order chi connectivity index (χ1) is 28.1. The predicted molar refractivity (Wildman–Crippen MR) is 228 cm³/mol. The number of aliphatic carboxylic acids is 3. The number of aryl methyl sites for hydroxylation is 3. The number of rotatable bonds is 19. The van der Waals surface area contributed by atoms with Crippen LogP contribution in [0.3, 0.4) is 0 Å². The molecule has 0 aliphatic rings. The van der Waals surface area contributed by atoms with Crippen LogP contribution in [0.1, 0.15) is 80.8 Å². The number of ether oxygens (including phenoxy) is 3. The number of hydrogen-bond donors (Lipinski definition) is 6. The smallest absolute Gasteiger partial charge is 0.326 e. The van der Waals surface area contributed by atoms with Gasteiger partial charge < -0.3 is 45.5 Å². The molecule has 4 atom stereocenters. The van der Waals surface area contributed by atoms with Crippen LogP contribution in [-0.4, -0.2) is 90.4 Å². The van der Waals surface area contributed by atoms with Gasteiger partial charge in [0.05, 0.1) is 40.6 Å². The second-order valence-electron chi connectivity index (χ2n) is 14.9. The monoisotopic (exact) mass is 837 g/mol. The van der Waals surface area contributed by atoms with Crippen LogP contribution in [-0.2, 0) is 48.0 Å². The summed E-state index contributed by atoms with van der Waals surface area (Å²) < 4.78 is 15.3. The Morgan fingerprint density at radius 3 is 1.20 bits per heavy atom. The largest absolute Gasteiger partial charge is 0.497 e. The van der Waals surface area contributed by atoms with E-state index in [4.69, 9.17) is 24.4 Å². The molecule has 0 bridgehead atoms. The standard InChI is InChI=1S/2C16H23NO4.C13H17NO4/c1-10(2)7-14(16(19)20)17-15(18)9-12-5-6-13(21-4)8-11(12)3;1-5-10(2)15(16(19)20)17-14(18)9-12-6-7-13(21-4)8-11(12)3;1-8-6-11(18-3)5-4-10(8)7-12(15)14-9(2)13(16)17/h5-6,8,10,14H,7,9H2,1-4H3,(H,17,18)(H,19,20);6-8,10,15H,5,9H2,1-4H3,(H,17,18)(H,19,20);4-6,9H,7H2,1-3H3,(H,14,15)(H,16,17)/t14-;10-,15-;9-/m000/s1. The van der Waals surface area contributed by atoms with Gasteiger partial charge in [0.25, 0.3) is 0 Å². The maximum Gasteiger partial charge on any atom is 0.326 e. The number of carboxylic acids is 3. The van der Waals surface area contributed by atoms with Crippen LogP contribution in [0.2, 0.25) is 0 Å².